The normalized spacial score (nSPS) is 13.0. The highest BCUT2D eigenvalue weighted by Crippen LogP contribution is 2.27. The Balaban J connectivity index is 2.07. The number of carbonyl (C=O) groups is 2. The number of benzene rings is 3. The number of hydrogen-bond donors (Lipinski definition) is 1. The Morgan fingerprint density at radius 1 is 0.806 bits per heavy atom. The van der Waals surface area contributed by atoms with Crippen molar-refractivity contribution in [3.05, 3.63) is 108 Å². The Bertz CT molecular complexity index is 1040. The van der Waals surface area contributed by atoms with Crippen molar-refractivity contribution < 1.29 is 19.1 Å². The summed E-state index contributed by atoms with van der Waals surface area (Å²) in [4.78, 5) is 28.6. The molecule has 0 radical (unpaired) electrons. The van der Waals surface area contributed by atoms with Gasteiger partial charge < -0.3 is 14.8 Å². The molecule has 0 aliphatic heterocycles. The molecule has 0 fully saturated rings. The van der Waals surface area contributed by atoms with Crippen LogP contribution in [0.3, 0.4) is 0 Å². The third-order valence-electron chi connectivity index (χ3n) is 5.53. The van der Waals surface area contributed by atoms with Crippen molar-refractivity contribution in [3.8, 4) is 0 Å². The summed E-state index contributed by atoms with van der Waals surface area (Å²) in [5.41, 5.74) is 2.20. The van der Waals surface area contributed by atoms with Gasteiger partial charge in [0.1, 0.15) is 11.6 Å². The Morgan fingerprint density at radius 2 is 1.28 bits per heavy atom. The zero-order valence-electron chi connectivity index (χ0n) is 21.5. The minimum atomic E-state index is -0.805. The van der Waals surface area contributed by atoms with Gasteiger partial charge in [0.15, 0.2) is 0 Å². The topological polar surface area (TPSA) is 67.9 Å². The molecule has 3 rings (SSSR count). The Kier molecular flexibility index (Phi) is 9.65. The molecule has 3 aromatic rings. The van der Waals surface area contributed by atoms with Gasteiger partial charge in [0.2, 0.25) is 0 Å². The quantitative estimate of drug-likeness (QED) is 0.361. The van der Waals surface area contributed by atoms with Gasteiger partial charge in [-0.3, -0.25) is 9.69 Å². The fourth-order valence-corrected chi connectivity index (χ4v) is 4.05. The van der Waals surface area contributed by atoms with E-state index in [1.165, 1.54) is 0 Å². The van der Waals surface area contributed by atoms with Gasteiger partial charge in [0, 0.05) is 13.1 Å². The lowest BCUT2D eigenvalue weighted by Crippen LogP contribution is -2.51. The molecule has 0 aliphatic rings. The molecule has 6 heteroatoms. The van der Waals surface area contributed by atoms with E-state index in [0.717, 1.165) is 16.7 Å². The summed E-state index contributed by atoms with van der Waals surface area (Å²) < 4.78 is 11.1. The standard InChI is InChI=1S/C30H36N2O4/c1-5-35-28(33)27(26(25-19-13-8-14-20-25)31-29(34)36-30(2,3)4)32(21-23-15-9-6-10-16-23)22-24-17-11-7-12-18-24/h6-20,26-27H,5,21-22H2,1-4H3,(H,31,34)/t26-,27+/m0/s1. The zero-order valence-corrected chi connectivity index (χ0v) is 21.5. The summed E-state index contributed by atoms with van der Waals surface area (Å²) in [6.07, 6.45) is -0.593. The summed E-state index contributed by atoms with van der Waals surface area (Å²) >= 11 is 0. The second kappa shape index (κ2) is 12.9. The largest absolute Gasteiger partial charge is 0.465 e. The van der Waals surface area contributed by atoms with Crippen LogP contribution in [0.2, 0.25) is 0 Å². The Morgan fingerprint density at radius 3 is 1.72 bits per heavy atom. The van der Waals surface area contributed by atoms with Crippen molar-refractivity contribution in [1.82, 2.24) is 10.2 Å². The molecule has 1 amide bonds. The maximum atomic E-state index is 13.6. The van der Waals surface area contributed by atoms with Gasteiger partial charge in [0.25, 0.3) is 0 Å². The van der Waals surface area contributed by atoms with Crippen LogP contribution in [-0.4, -0.2) is 35.2 Å². The molecule has 3 aromatic carbocycles. The highest BCUT2D eigenvalue weighted by atomic mass is 16.6. The van der Waals surface area contributed by atoms with Crippen LogP contribution in [-0.2, 0) is 27.4 Å². The molecule has 36 heavy (non-hydrogen) atoms. The minimum absolute atomic E-state index is 0.230. The van der Waals surface area contributed by atoms with Crippen molar-refractivity contribution in [1.29, 1.82) is 0 Å². The van der Waals surface area contributed by atoms with E-state index in [1.807, 2.05) is 112 Å². The van der Waals surface area contributed by atoms with E-state index in [9.17, 15) is 9.59 Å². The summed E-state index contributed by atoms with van der Waals surface area (Å²) in [6.45, 7) is 8.41. The fraction of sp³-hybridized carbons (Fsp3) is 0.333. The average molecular weight is 489 g/mol. The summed E-state index contributed by atoms with van der Waals surface area (Å²) in [5, 5.41) is 2.98. The molecular formula is C30H36N2O4. The van der Waals surface area contributed by atoms with Crippen LogP contribution in [0, 0.1) is 0 Å². The first kappa shape index (κ1) is 27.0. The van der Waals surface area contributed by atoms with Gasteiger partial charge in [-0.2, -0.15) is 0 Å². The molecule has 0 aromatic heterocycles. The average Bonchev–Trinajstić information content (AvgIpc) is 2.84. The van der Waals surface area contributed by atoms with E-state index in [2.05, 4.69) is 10.2 Å². The lowest BCUT2D eigenvalue weighted by Gasteiger charge is -2.36. The molecule has 6 nitrogen and oxygen atoms in total. The van der Waals surface area contributed by atoms with Gasteiger partial charge in [0.05, 0.1) is 12.6 Å². The van der Waals surface area contributed by atoms with E-state index in [1.54, 1.807) is 6.92 Å². The van der Waals surface area contributed by atoms with Crippen molar-refractivity contribution in [3.63, 3.8) is 0 Å². The molecule has 0 spiro atoms. The molecule has 0 saturated carbocycles. The SMILES string of the molecule is CCOC(=O)[C@@H]([C@@H](NC(=O)OC(C)(C)C)c1ccccc1)N(Cc1ccccc1)Cc1ccccc1. The third-order valence-corrected chi connectivity index (χ3v) is 5.53. The first-order valence-electron chi connectivity index (χ1n) is 12.3. The molecule has 0 heterocycles. The van der Waals surface area contributed by atoms with E-state index in [-0.39, 0.29) is 6.61 Å². The lowest BCUT2D eigenvalue weighted by molar-refractivity contribution is -0.151. The first-order valence-corrected chi connectivity index (χ1v) is 12.3. The molecule has 0 saturated heterocycles. The predicted octanol–water partition coefficient (Wildman–Crippen LogP) is 5.89. The number of esters is 1. The van der Waals surface area contributed by atoms with E-state index >= 15 is 0 Å². The lowest BCUT2D eigenvalue weighted by atomic mass is 9.96. The van der Waals surface area contributed by atoms with Crippen molar-refractivity contribution in [2.45, 2.75) is 58.5 Å². The number of nitrogens with zero attached hydrogens (tertiary/aromatic N) is 1. The van der Waals surface area contributed by atoms with Crippen LogP contribution < -0.4 is 5.32 Å². The van der Waals surface area contributed by atoms with E-state index in [4.69, 9.17) is 9.47 Å². The number of nitrogens with one attached hydrogen (secondary N) is 1. The predicted molar refractivity (Wildman–Crippen MR) is 141 cm³/mol. The molecule has 2 atom stereocenters. The number of amides is 1. The molecule has 190 valence electrons. The van der Waals surface area contributed by atoms with Crippen LogP contribution in [0.15, 0.2) is 91.0 Å². The van der Waals surface area contributed by atoms with Gasteiger partial charge >= 0.3 is 12.1 Å². The van der Waals surface area contributed by atoms with Gasteiger partial charge in [-0.05, 0) is 44.4 Å². The smallest absolute Gasteiger partial charge is 0.408 e. The van der Waals surface area contributed by atoms with Crippen molar-refractivity contribution in [2.75, 3.05) is 6.61 Å². The molecule has 0 unspecified atom stereocenters. The number of rotatable bonds is 10. The van der Waals surface area contributed by atoms with Gasteiger partial charge in [-0.1, -0.05) is 91.0 Å². The van der Waals surface area contributed by atoms with E-state index in [0.29, 0.717) is 13.1 Å². The number of carbonyl (C=O) groups excluding carboxylic acids is 2. The van der Waals surface area contributed by atoms with Crippen LogP contribution >= 0.6 is 0 Å². The second-order valence-electron chi connectivity index (χ2n) is 9.61. The Hall–Kier alpha value is -3.64. The van der Waals surface area contributed by atoms with Crippen molar-refractivity contribution >= 4 is 12.1 Å². The zero-order chi connectivity index (χ0) is 26.0. The highest BCUT2D eigenvalue weighted by molar-refractivity contribution is 5.79. The van der Waals surface area contributed by atoms with Crippen LogP contribution in [0.25, 0.3) is 0 Å². The van der Waals surface area contributed by atoms with Crippen LogP contribution in [0.4, 0.5) is 4.79 Å². The van der Waals surface area contributed by atoms with Crippen molar-refractivity contribution in [2.24, 2.45) is 0 Å². The van der Waals surface area contributed by atoms with E-state index < -0.39 is 29.7 Å². The van der Waals surface area contributed by atoms with Crippen LogP contribution in [0.1, 0.15) is 50.4 Å². The third kappa shape index (κ3) is 8.24. The number of alkyl carbamates (subject to hydrolysis) is 1. The fourth-order valence-electron chi connectivity index (χ4n) is 4.05. The molecular weight excluding hydrogens is 452 g/mol. The molecule has 1 N–H and O–H groups in total. The number of ether oxygens (including phenoxy) is 2. The summed E-state index contributed by atoms with van der Waals surface area (Å²) in [7, 11) is 0. The highest BCUT2D eigenvalue weighted by Gasteiger charge is 2.38. The maximum Gasteiger partial charge on any atom is 0.408 e. The van der Waals surface area contributed by atoms with Gasteiger partial charge in [-0.25, -0.2) is 4.79 Å². The second-order valence-corrected chi connectivity index (χ2v) is 9.61. The minimum Gasteiger partial charge on any atom is -0.465 e. The van der Waals surface area contributed by atoms with Crippen LogP contribution in [0.5, 0.6) is 0 Å². The van der Waals surface area contributed by atoms with Gasteiger partial charge in [-0.15, -0.1) is 0 Å². The maximum absolute atomic E-state index is 13.6. The first-order chi connectivity index (χ1) is 17.3. The summed E-state index contributed by atoms with van der Waals surface area (Å²) in [5.74, 6) is -0.408. The number of hydrogen-bond acceptors (Lipinski definition) is 5. The molecule has 0 aliphatic carbocycles. The summed E-state index contributed by atoms with van der Waals surface area (Å²) in [6, 6.07) is 27.9. The molecule has 0 bridgehead atoms. The monoisotopic (exact) mass is 488 g/mol. The Labute approximate surface area is 214 Å².